The van der Waals surface area contributed by atoms with Crippen molar-refractivity contribution in [2.75, 3.05) is 18.6 Å². The number of methoxy groups -OCH3 is 1. The molecule has 2 aliphatic rings. The van der Waals surface area contributed by atoms with E-state index in [1.807, 2.05) is 36.4 Å². The minimum atomic E-state index is -0.761. The number of benzene rings is 2. The quantitative estimate of drug-likeness (QED) is 0.730. The Labute approximate surface area is 175 Å². The number of nitrogens with one attached hydrogen (secondary N) is 1. The van der Waals surface area contributed by atoms with Gasteiger partial charge in [0.15, 0.2) is 0 Å². The molecule has 6 heteroatoms. The zero-order chi connectivity index (χ0) is 20.4. The Kier molecular flexibility index (Phi) is 5.40. The number of amides is 2. The van der Waals surface area contributed by atoms with Gasteiger partial charge in [-0.05, 0) is 54.7 Å². The zero-order valence-corrected chi connectivity index (χ0v) is 17.0. The molecule has 2 aromatic carbocycles. The lowest BCUT2D eigenvalue weighted by atomic mass is 9.82. The molecule has 0 aromatic heterocycles. The number of aliphatic hydroxyl groups is 1. The molecule has 0 spiro atoms. The Morgan fingerprint density at radius 1 is 1.28 bits per heavy atom. The predicted octanol–water partition coefficient (Wildman–Crippen LogP) is 4.07. The van der Waals surface area contributed by atoms with Crippen LogP contribution in [0, 0.1) is 17.8 Å². The average Bonchev–Trinajstić information content (AvgIpc) is 3.57. The molecular formula is C23H23ClN2O3. The predicted molar refractivity (Wildman–Crippen MR) is 113 cm³/mol. The maximum absolute atomic E-state index is 13.2. The summed E-state index contributed by atoms with van der Waals surface area (Å²) >= 11 is 6.33. The Balaban J connectivity index is 1.75. The monoisotopic (exact) mass is 410 g/mol. The summed E-state index contributed by atoms with van der Waals surface area (Å²) < 4.78 is 5.22. The van der Waals surface area contributed by atoms with Gasteiger partial charge in [-0.25, -0.2) is 4.79 Å². The highest BCUT2D eigenvalue weighted by Gasteiger charge is 2.51. The van der Waals surface area contributed by atoms with Gasteiger partial charge in [0.05, 0.1) is 25.9 Å². The minimum absolute atomic E-state index is 0.00626. The molecule has 1 unspecified atom stereocenters. The second-order valence-electron chi connectivity index (χ2n) is 7.38. The van der Waals surface area contributed by atoms with Crippen LogP contribution in [0.1, 0.15) is 30.4 Å². The summed E-state index contributed by atoms with van der Waals surface area (Å²) in [5.74, 6) is 7.32. The van der Waals surface area contributed by atoms with Crippen LogP contribution in [0.2, 0.25) is 5.02 Å². The second kappa shape index (κ2) is 7.98. The van der Waals surface area contributed by atoms with Crippen LogP contribution in [-0.4, -0.2) is 24.9 Å². The standard InChI is InChI=1S/C23H23ClN2O3/c1-29-19-9-4-16(5-10-19)15-26-21-11-8-18(24)14-20(21)23(17-6-7-17,25-22(26)28)12-2-3-13-27/h4-5,8-11,14,17,27H,3,6-7,13,15H2,1H3,(H,25,28). The number of urea groups is 1. The van der Waals surface area contributed by atoms with Crippen LogP contribution in [0.15, 0.2) is 42.5 Å². The highest BCUT2D eigenvalue weighted by atomic mass is 35.5. The Morgan fingerprint density at radius 2 is 2.03 bits per heavy atom. The third kappa shape index (κ3) is 3.78. The van der Waals surface area contributed by atoms with Crippen molar-refractivity contribution >= 4 is 23.3 Å². The van der Waals surface area contributed by atoms with E-state index >= 15 is 0 Å². The lowest BCUT2D eigenvalue weighted by Crippen LogP contribution is -2.56. The fourth-order valence-corrected chi connectivity index (χ4v) is 4.01. The van der Waals surface area contributed by atoms with Crippen molar-refractivity contribution in [3.63, 3.8) is 0 Å². The lowest BCUT2D eigenvalue weighted by Gasteiger charge is -2.41. The van der Waals surface area contributed by atoms with E-state index in [1.54, 1.807) is 18.1 Å². The van der Waals surface area contributed by atoms with Crippen LogP contribution in [0.4, 0.5) is 10.5 Å². The number of ether oxygens (including phenoxy) is 1. The van der Waals surface area contributed by atoms with E-state index in [0.717, 1.165) is 35.4 Å². The van der Waals surface area contributed by atoms with Crippen molar-refractivity contribution in [2.45, 2.75) is 31.3 Å². The smallest absolute Gasteiger partial charge is 0.323 e. The van der Waals surface area contributed by atoms with Crippen molar-refractivity contribution in [3.05, 3.63) is 58.6 Å². The number of hydrogen-bond acceptors (Lipinski definition) is 3. The Bertz CT molecular complexity index is 976. The SMILES string of the molecule is COc1ccc(CN2C(=O)NC(C#CCCO)(C3CC3)c3cc(Cl)ccc32)cc1. The van der Waals surface area contributed by atoms with Gasteiger partial charge >= 0.3 is 6.03 Å². The molecule has 1 aliphatic carbocycles. The molecule has 5 nitrogen and oxygen atoms in total. The van der Waals surface area contributed by atoms with Crippen LogP contribution in [0.5, 0.6) is 5.75 Å². The summed E-state index contributed by atoms with van der Waals surface area (Å²) in [6.07, 6.45) is 2.37. The van der Waals surface area contributed by atoms with Gasteiger partial charge in [-0.1, -0.05) is 35.6 Å². The van der Waals surface area contributed by atoms with Gasteiger partial charge in [-0.2, -0.15) is 0 Å². The van der Waals surface area contributed by atoms with Crippen molar-refractivity contribution in [1.82, 2.24) is 5.32 Å². The molecule has 150 valence electrons. The molecule has 29 heavy (non-hydrogen) atoms. The molecule has 0 radical (unpaired) electrons. The van der Waals surface area contributed by atoms with Crippen LogP contribution in [0.3, 0.4) is 0 Å². The van der Waals surface area contributed by atoms with E-state index in [9.17, 15) is 4.79 Å². The van der Waals surface area contributed by atoms with Gasteiger partial charge in [0, 0.05) is 17.0 Å². The number of carbonyl (C=O) groups is 1. The number of anilines is 1. The van der Waals surface area contributed by atoms with Gasteiger partial charge < -0.3 is 15.2 Å². The second-order valence-corrected chi connectivity index (χ2v) is 7.82. The molecule has 0 bridgehead atoms. The first-order chi connectivity index (χ1) is 14.1. The van der Waals surface area contributed by atoms with E-state index < -0.39 is 5.54 Å². The first-order valence-electron chi connectivity index (χ1n) is 9.71. The number of hydrogen-bond donors (Lipinski definition) is 2. The molecule has 2 amide bonds. The van der Waals surface area contributed by atoms with E-state index in [-0.39, 0.29) is 18.6 Å². The zero-order valence-electron chi connectivity index (χ0n) is 16.2. The van der Waals surface area contributed by atoms with Crippen molar-refractivity contribution < 1.29 is 14.6 Å². The largest absolute Gasteiger partial charge is 0.497 e. The number of aliphatic hydroxyl groups excluding tert-OH is 1. The summed E-state index contributed by atoms with van der Waals surface area (Å²) in [7, 11) is 1.63. The average molecular weight is 411 g/mol. The summed E-state index contributed by atoms with van der Waals surface area (Å²) in [5, 5.41) is 12.9. The molecular weight excluding hydrogens is 388 g/mol. The fourth-order valence-electron chi connectivity index (χ4n) is 3.84. The summed E-state index contributed by atoms with van der Waals surface area (Å²) in [6.45, 7) is 0.420. The summed E-state index contributed by atoms with van der Waals surface area (Å²) in [4.78, 5) is 14.9. The van der Waals surface area contributed by atoms with Crippen LogP contribution in [0.25, 0.3) is 0 Å². The van der Waals surface area contributed by atoms with Crippen molar-refractivity contribution in [3.8, 4) is 17.6 Å². The van der Waals surface area contributed by atoms with Crippen molar-refractivity contribution in [1.29, 1.82) is 0 Å². The Hall–Kier alpha value is -2.68. The van der Waals surface area contributed by atoms with Crippen LogP contribution < -0.4 is 15.0 Å². The summed E-state index contributed by atoms with van der Waals surface area (Å²) in [6, 6.07) is 13.1. The first kappa shape index (κ1) is 19.6. The third-order valence-corrected chi connectivity index (χ3v) is 5.67. The highest BCUT2D eigenvalue weighted by Crippen LogP contribution is 2.50. The van der Waals surface area contributed by atoms with Gasteiger partial charge in [-0.15, -0.1) is 0 Å². The topological polar surface area (TPSA) is 61.8 Å². The van der Waals surface area contributed by atoms with Crippen molar-refractivity contribution in [2.24, 2.45) is 5.92 Å². The molecule has 1 saturated carbocycles. The van der Waals surface area contributed by atoms with Gasteiger partial charge in [0.2, 0.25) is 0 Å². The maximum atomic E-state index is 13.2. The molecule has 2 aromatic rings. The van der Waals surface area contributed by atoms with E-state index in [1.165, 1.54) is 0 Å². The number of rotatable bonds is 5. The van der Waals surface area contributed by atoms with Gasteiger partial charge in [-0.3, -0.25) is 4.90 Å². The van der Waals surface area contributed by atoms with E-state index in [4.69, 9.17) is 21.4 Å². The van der Waals surface area contributed by atoms with Crippen LogP contribution in [-0.2, 0) is 12.1 Å². The normalized spacial score (nSPS) is 20.4. The van der Waals surface area contributed by atoms with Gasteiger partial charge in [0.25, 0.3) is 0 Å². The molecule has 1 aliphatic heterocycles. The number of nitrogens with zero attached hydrogens (tertiary/aromatic N) is 1. The summed E-state index contributed by atoms with van der Waals surface area (Å²) in [5.41, 5.74) is 1.97. The number of carbonyl (C=O) groups excluding carboxylic acids is 1. The van der Waals surface area contributed by atoms with E-state index in [0.29, 0.717) is 18.0 Å². The fraction of sp³-hybridized carbons (Fsp3) is 0.348. The first-order valence-corrected chi connectivity index (χ1v) is 10.1. The molecule has 4 rings (SSSR count). The number of halogens is 1. The molecule has 1 atom stereocenters. The third-order valence-electron chi connectivity index (χ3n) is 5.44. The molecule has 2 N–H and O–H groups in total. The highest BCUT2D eigenvalue weighted by molar-refractivity contribution is 6.30. The molecule has 0 saturated heterocycles. The van der Waals surface area contributed by atoms with E-state index in [2.05, 4.69) is 17.2 Å². The number of fused-ring (bicyclic) bond motifs is 1. The Morgan fingerprint density at radius 3 is 2.69 bits per heavy atom. The molecule has 1 fully saturated rings. The maximum Gasteiger partial charge on any atom is 0.323 e. The van der Waals surface area contributed by atoms with Crippen LogP contribution >= 0.6 is 11.6 Å². The van der Waals surface area contributed by atoms with Gasteiger partial charge in [0.1, 0.15) is 11.3 Å². The lowest BCUT2D eigenvalue weighted by molar-refractivity contribution is 0.231. The molecule has 1 heterocycles. The minimum Gasteiger partial charge on any atom is -0.497 e.